The van der Waals surface area contributed by atoms with E-state index in [9.17, 15) is 4.79 Å². The molecule has 0 spiro atoms. The van der Waals surface area contributed by atoms with E-state index in [2.05, 4.69) is 36.0 Å². The first-order valence-corrected chi connectivity index (χ1v) is 12.2. The molecule has 1 amide bonds. The Hall–Kier alpha value is -2.82. The van der Waals surface area contributed by atoms with Crippen LogP contribution in [0.4, 0.5) is 23.1 Å². The van der Waals surface area contributed by atoms with Crippen LogP contribution in [0.3, 0.4) is 0 Å². The van der Waals surface area contributed by atoms with Gasteiger partial charge in [0.2, 0.25) is 5.91 Å². The quantitative estimate of drug-likeness (QED) is 0.375. The lowest BCUT2D eigenvalue weighted by molar-refractivity contribution is -0.117. The number of amides is 1. The van der Waals surface area contributed by atoms with Crippen molar-refractivity contribution in [1.82, 2.24) is 25.5 Å². The summed E-state index contributed by atoms with van der Waals surface area (Å²) >= 11 is 8.18. The summed E-state index contributed by atoms with van der Waals surface area (Å²) in [7, 11) is 0. The number of benzene rings is 1. The van der Waals surface area contributed by atoms with Crippen LogP contribution in [0.15, 0.2) is 40.4 Å². The van der Waals surface area contributed by atoms with Crippen LogP contribution >= 0.6 is 23.4 Å². The predicted molar refractivity (Wildman–Crippen MR) is 131 cm³/mol. The van der Waals surface area contributed by atoms with Crippen LogP contribution in [-0.4, -0.2) is 52.3 Å². The molecule has 5 rings (SSSR count). The number of aromatic amines is 1. The van der Waals surface area contributed by atoms with Crippen LogP contribution < -0.4 is 20.9 Å². The molecule has 2 aromatic heterocycles. The highest BCUT2D eigenvalue weighted by atomic mass is 35.5. The van der Waals surface area contributed by atoms with Gasteiger partial charge in [0.05, 0.1) is 0 Å². The number of hydrogen-bond donors (Lipinski definition) is 4. The molecule has 1 aliphatic carbocycles. The van der Waals surface area contributed by atoms with Gasteiger partial charge in [0.15, 0.2) is 22.6 Å². The molecule has 3 heterocycles. The number of aromatic nitrogens is 4. The first kappa shape index (κ1) is 22.0. The third kappa shape index (κ3) is 5.40. The second-order valence-corrected chi connectivity index (χ2v) is 9.60. The van der Waals surface area contributed by atoms with E-state index in [4.69, 9.17) is 16.6 Å². The molecule has 0 atom stereocenters. The molecular formula is C22H25ClN8OS. The van der Waals surface area contributed by atoms with E-state index in [0.717, 1.165) is 55.3 Å². The first-order valence-electron chi connectivity index (χ1n) is 11.0. The minimum Gasteiger partial charge on any atom is -0.353 e. The first-order chi connectivity index (χ1) is 16.0. The maximum Gasteiger partial charge on any atom is 0.227 e. The molecule has 0 radical (unpaired) electrons. The van der Waals surface area contributed by atoms with Crippen molar-refractivity contribution in [2.75, 3.05) is 41.7 Å². The van der Waals surface area contributed by atoms with Gasteiger partial charge in [-0.2, -0.15) is 5.10 Å². The lowest BCUT2D eigenvalue weighted by atomic mass is 10.3. The summed E-state index contributed by atoms with van der Waals surface area (Å²) in [5, 5.41) is 17.7. The number of nitrogens with zero attached hydrogens (tertiary/aromatic N) is 4. The number of aryl methyl sites for hydroxylation is 1. The lowest BCUT2D eigenvalue weighted by Crippen LogP contribution is -2.44. The number of piperazine rings is 1. The lowest BCUT2D eigenvalue weighted by Gasteiger charge is -2.29. The Morgan fingerprint density at radius 1 is 1.18 bits per heavy atom. The van der Waals surface area contributed by atoms with Crippen LogP contribution in [0.5, 0.6) is 0 Å². The average molecular weight is 485 g/mol. The molecule has 4 N–H and O–H groups in total. The van der Waals surface area contributed by atoms with Crippen LogP contribution in [0, 0.1) is 12.8 Å². The molecule has 33 heavy (non-hydrogen) atoms. The molecule has 1 saturated heterocycles. The number of hydrogen-bond acceptors (Lipinski definition) is 8. The average Bonchev–Trinajstić information content (AvgIpc) is 3.60. The molecular weight excluding hydrogens is 460 g/mol. The molecule has 2 fully saturated rings. The van der Waals surface area contributed by atoms with Crippen LogP contribution in [0.1, 0.15) is 18.5 Å². The van der Waals surface area contributed by atoms with E-state index in [0.29, 0.717) is 27.6 Å². The summed E-state index contributed by atoms with van der Waals surface area (Å²) in [5.74, 6) is 2.14. The van der Waals surface area contributed by atoms with Gasteiger partial charge in [0.25, 0.3) is 0 Å². The van der Waals surface area contributed by atoms with Gasteiger partial charge in [-0.25, -0.2) is 9.97 Å². The van der Waals surface area contributed by atoms with Gasteiger partial charge in [0.1, 0.15) is 5.02 Å². The standard InChI is InChI=1S/C22H25ClN8OS/c1-13-12-17(30-29-13)26-19-18(23)20(31-10-8-24-9-11-31)28-22(27-19)33-16-6-4-15(5-7-16)25-21(32)14-2-3-14/h4-7,12,14,24H,2-3,8-11H2,1H3,(H,25,32)(H2,26,27,28,29,30). The maximum absolute atomic E-state index is 12.0. The highest BCUT2D eigenvalue weighted by Crippen LogP contribution is 2.36. The van der Waals surface area contributed by atoms with E-state index in [1.54, 1.807) is 0 Å². The maximum atomic E-state index is 12.0. The molecule has 1 saturated carbocycles. The number of H-pyrrole nitrogens is 1. The molecule has 1 aliphatic heterocycles. The van der Waals surface area contributed by atoms with Gasteiger partial charge in [-0.1, -0.05) is 11.6 Å². The Balaban J connectivity index is 1.39. The Labute approximate surface area is 201 Å². The van der Waals surface area contributed by atoms with Gasteiger partial charge >= 0.3 is 0 Å². The Kier molecular flexibility index (Phi) is 6.39. The van der Waals surface area contributed by atoms with E-state index in [1.807, 2.05) is 37.3 Å². The monoisotopic (exact) mass is 484 g/mol. The fourth-order valence-corrected chi connectivity index (χ4v) is 4.54. The highest BCUT2D eigenvalue weighted by Gasteiger charge is 2.29. The van der Waals surface area contributed by atoms with Crippen molar-refractivity contribution in [2.45, 2.75) is 29.8 Å². The molecule has 172 valence electrons. The smallest absolute Gasteiger partial charge is 0.227 e. The number of carbonyl (C=O) groups excluding carboxylic acids is 1. The fourth-order valence-electron chi connectivity index (χ4n) is 3.53. The zero-order valence-corrected chi connectivity index (χ0v) is 19.8. The van der Waals surface area contributed by atoms with Crippen molar-refractivity contribution in [3.05, 3.63) is 41.0 Å². The van der Waals surface area contributed by atoms with Gasteiger partial charge in [-0.3, -0.25) is 9.89 Å². The molecule has 2 aliphatic rings. The van der Waals surface area contributed by atoms with Crippen molar-refractivity contribution in [2.24, 2.45) is 5.92 Å². The second kappa shape index (κ2) is 9.58. The Morgan fingerprint density at radius 2 is 1.94 bits per heavy atom. The van der Waals surface area contributed by atoms with Gasteiger partial charge < -0.3 is 20.9 Å². The topological polar surface area (TPSA) is 111 Å². The second-order valence-electron chi connectivity index (χ2n) is 8.18. The largest absolute Gasteiger partial charge is 0.353 e. The third-order valence-corrected chi connectivity index (χ3v) is 6.68. The normalized spacial score (nSPS) is 16.0. The number of carbonyl (C=O) groups is 1. The van der Waals surface area contributed by atoms with Crippen LogP contribution in [-0.2, 0) is 4.79 Å². The summed E-state index contributed by atoms with van der Waals surface area (Å²) in [6.45, 7) is 5.31. The molecule has 9 nitrogen and oxygen atoms in total. The van der Waals surface area contributed by atoms with Crippen molar-refractivity contribution in [1.29, 1.82) is 0 Å². The van der Waals surface area contributed by atoms with Crippen LogP contribution in [0.2, 0.25) is 5.02 Å². The molecule has 3 aromatic rings. The number of anilines is 4. The summed E-state index contributed by atoms with van der Waals surface area (Å²) in [5.41, 5.74) is 1.74. The van der Waals surface area contributed by atoms with Crippen molar-refractivity contribution in [3.8, 4) is 0 Å². The summed E-state index contributed by atoms with van der Waals surface area (Å²) in [6.07, 6.45) is 1.97. The number of rotatable bonds is 7. The Morgan fingerprint density at radius 3 is 2.61 bits per heavy atom. The van der Waals surface area contributed by atoms with E-state index in [1.165, 1.54) is 11.8 Å². The third-order valence-electron chi connectivity index (χ3n) is 5.46. The molecule has 0 bridgehead atoms. The summed E-state index contributed by atoms with van der Waals surface area (Å²) in [6, 6.07) is 9.62. The summed E-state index contributed by atoms with van der Waals surface area (Å²) < 4.78 is 0. The highest BCUT2D eigenvalue weighted by molar-refractivity contribution is 7.99. The molecule has 1 aromatic carbocycles. The molecule has 0 unspecified atom stereocenters. The number of nitrogens with one attached hydrogen (secondary N) is 4. The fraction of sp³-hybridized carbons (Fsp3) is 0.364. The minimum absolute atomic E-state index is 0.0985. The molecule has 11 heteroatoms. The van der Waals surface area contributed by atoms with E-state index in [-0.39, 0.29) is 11.8 Å². The minimum atomic E-state index is 0.0985. The van der Waals surface area contributed by atoms with Gasteiger partial charge in [0, 0.05) is 54.4 Å². The van der Waals surface area contributed by atoms with Gasteiger partial charge in [-0.15, -0.1) is 0 Å². The number of halogens is 1. The van der Waals surface area contributed by atoms with Crippen LogP contribution in [0.25, 0.3) is 0 Å². The van der Waals surface area contributed by atoms with Crippen molar-refractivity contribution < 1.29 is 4.79 Å². The SMILES string of the molecule is Cc1cc(Nc2nc(Sc3ccc(NC(=O)C4CC4)cc3)nc(N3CCNCC3)c2Cl)n[nH]1. The zero-order valence-electron chi connectivity index (χ0n) is 18.2. The summed E-state index contributed by atoms with van der Waals surface area (Å²) in [4.78, 5) is 24.6. The van der Waals surface area contributed by atoms with Crippen molar-refractivity contribution >= 4 is 52.4 Å². The predicted octanol–water partition coefficient (Wildman–Crippen LogP) is 3.81. The zero-order chi connectivity index (χ0) is 22.8. The van der Waals surface area contributed by atoms with Gasteiger partial charge in [-0.05, 0) is 55.8 Å². The van der Waals surface area contributed by atoms with E-state index < -0.39 is 0 Å². The van der Waals surface area contributed by atoms with Crippen molar-refractivity contribution in [3.63, 3.8) is 0 Å². The Bertz CT molecular complexity index is 1140. The van der Waals surface area contributed by atoms with E-state index >= 15 is 0 Å².